The van der Waals surface area contributed by atoms with Crippen molar-refractivity contribution in [2.45, 2.75) is 58.7 Å². The second-order valence-corrected chi connectivity index (χ2v) is 7.15. The average molecular weight is 286 g/mol. The van der Waals surface area contributed by atoms with Crippen molar-refractivity contribution >= 4 is 0 Å². The molecule has 0 amide bonds. The van der Waals surface area contributed by atoms with Crippen LogP contribution in [0.5, 0.6) is 0 Å². The third kappa shape index (κ3) is 3.17. The summed E-state index contributed by atoms with van der Waals surface area (Å²) in [5, 5.41) is 0. The topological polar surface area (TPSA) is 6.48 Å². The molecule has 2 heteroatoms. The van der Waals surface area contributed by atoms with Crippen LogP contribution in [-0.2, 0) is 13.0 Å². The summed E-state index contributed by atoms with van der Waals surface area (Å²) < 4.78 is 0. The van der Waals surface area contributed by atoms with E-state index in [1.54, 1.807) is 0 Å². The van der Waals surface area contributed by atoms with Gasteiger partial charge >= 0.3 is 0 Å². The maximum absolute atomic E-state index is 2.77. The van der Waals surface area contributed by atoms with E-state index in [9.17, 15) is 0 Å². The summed E-state index contributed by atoms with van der Waals surface area (Å²) in [6.45, 7) is 12.1. The Morgan fingerprint density at radius 1 is 1.14 bits per heavy atom. The molecule has 2 atom stereocenters. The highest BCUT2D eigenvalue weighted by Gasteiger charge is 2.37. The lowest BCUT2D eigenvalue weighted by molar-refractivity contribution is 0.0238. The van der Waals surface area contributed by atoms with Crippen molar-refractivity contribution in [1.29, 1.82) is 0 Å². The monoisotopic (exact) mass is 286 g/mol. The van der Waals surface area contributed by atoms with Crippen molar-refractivity contribution in [3.05, 3.63) is 35.4 Å². The molecule has 0 aliphatic carbocycles. The molecule has 2 heterocycles. The zero-order valence-corrected chi connectivity index (χ0v) is 13.9. The number of nitrogens with zero attached hydrogens (tertiary/aromatic N) is 2. The zero-order chi connectivity index (χ0) is 14.8. The fraction of sp³-hybridized carbons (Fsp3) is 0.684. The van der Waals surface area contributed by atoms with Crippen LogP contribution < -0.4 is 0 Å². The first-order chi connectivity index (χ1) is 10.2. The third-order valence-corrected chi connectivity index (χ3v) is 5.48. The first kappa shape index (κ1) is 15.1. The molecule has 0 bridgehead atoms. The molecule has 0 N–H and O–H groups in total. The van der Waals surface area contributed by atoms with Crippen LogP contribution in [0.1, 0.15) is 44.7 Å². The smallest absolute Gasteiger partial charge is 0.0250 e. The van der Waals surface area contributed by atoms with Gasteiger partial charge in [0.1, 0.15) is 0 Å². The van der Waals surface area contributed by atoms with Crippen molar-refractivity contribution in [2.24, 2.45) is 5.92 Å². The zero-order valence-electron chi connectivity index (χ0n) is 13.9. The average Bonchev–Trinajstić information content (AvgIpc) is 2.94. The van der Waals surface area contributed by atoms with Gasteiger partial charge in [0, 0.05) is 31.7 Å². The van der Waals surface area contributed by atoms with E-state index >= 15 is 0 Å². The summed E-state index contributed by atoms with van der Waals surface area (Å²) >= 11 is 0. The molecule has 2 aliphatic heterocycles. The van der Waals surface area contributed by atoms with Crippen molar-refractivity contribution in [3.63, 3.8) is 0 Å². The summed E-state index contributed by atoms with van der Waals surface area (Å²) in [6, 6.07) is 10.5. The minimum absolute atomic E-state index is 0.712. The van der Waals surface area contributed by atoms with E-state index in [1.165, 1.54) is 43.6 Å². The summed E-state index contributed by atoms with van der Waals surface area (Å²) in [5.41, 5.74) is 3.06. The van der Waals surface area contributed by atoms with Gasteiger partial charge in [0.2, 0.25) is 0 Å². The van der Waals surface area contributed by atoms with Crippen molar-refractivity contribution in [3.8, 4) is 0 Å². The summed E-state index contributed by atoms with van der Waals surface area (Å²) in [5.74, 6) is 0.736. The van der Waals surface area contributed by atoms with Gasteiger partial charge in [-0.3, -0.25) is 9.80 Å². The molecular weight excluding hydrogens is 256 g/mol. The van der Waals surface area contributed by atoms with Crippen molar-refractivity contribution < 1.29 is 0 Å². The largest absolute Gasteiger partial charge is 0.298 e. The highest BCUT2D eigenvalue weighted by Crippen LogP contribution is 2.29. The second kappa shape index (κ2) is 6.50. The van der Waals surface area contributed by atoms with Gasteiger partial charge in [-0.05, 0) is 42.9 Å². The van der Waals surface area contributed by atoms with Gasteiger partial charge in [-0.2, -0.15) is 0 Å². The highest BCUT2D eigenvalue weighted by molar-refractivity contribution is 5.27. The molecule has 0 aromatic heterocycles. The van der Waals surface area contributed by atoms with Gasteiger partial charge in [-0.1, -0.05) is 45.0 Å². The number of fused-ring (bicyclic) bond motifs is 1. The molecule has 2 saturated heterocycles. The molecule has 3 rings (SSSR count). The fourth-order valence-electron chi connectivity index (χ4n) is 4.19. The minimum Gasteiger partial charge on any atom is -0.298 e. The number of aryl methyl sites for hydroxylation is 1. The summed E-state index contributed by atoms with van der Waals surface area (Å²) in [7, 11) is 0. The SMILES string of the molecule is CCc1ccccc1CN1CC2CCCN2CC1C(C)C. The van der Waals surface area contributed by atoms with Crippen LogP contribution in [0.2, 0.25) is 0 Å². The van der Waals surface area contributed by atoms with E-state index in [0.717, 1.165) is 24.9 Å². The van der Waals surface area contributed by atoms with Crippen LogP contribution in [0.3, 0.4) is 0 Å². The predicted molar refractivity (Wildman–Crippen MR) is 89.5 cm³/mol. The Labute approximate surface area is 130 Å². The minimum atomic E-state index is 0.712. The standard InChI is InChI=1S/C19H30N2/c1-4-16-8-5-6-9-17(16)12-21-13-18-10-7-11-20(18)14-19(21)15(2)3/h5-6,8-9,15,18-19H,4,7,10-14H2,1-3H3. The highest BCUT2D eigenvalue weighted by atomic mass is 15.3. The molecule has 2 nitrogen and oxygen atoms in total. The van der Waals surface area contributed by atoms with E-state index in [2.05, 4.69) is 54.8 Å². The van der Waals surface area contributed by atoms with Gasteiger partial charge < -0.3 is 0 Å². The Bertz CT molecular complexity index is 468. The van der Waals surface area contributed by atoms with Gasteiger partial charge in [0.05, 0.1) is 0 Å². The van der Waals surface area contributed by atoms with E-state index in [4.69, 9.17) is 0 Å². The molecule has 1 aromatic rings. The Morgan fingerprint density at radius 3 is 2.62 bits per heavy atom. The first-order valence-corrected chi connectivity index (χ1v) is 8.74. The van der Waals surface area contributed by atoms with Crippen LogP contribution >= 0.6 is 0 Å². The van der Waals surface area contributed by atoms with E-state index in [-0.39, 0.29) is 0 Å². The normalized spacial score (nSPS) is 27.2. The second-order valence-electron chi connectivity index (χ2n) is 7.15. The summed E-state index contributed by atoms with van der Waals surface area (Å²) in [4.78, 5) is 5.51. The molecular formula is C19H30N2. The Hall–Kier alpha value is -0.860. The Balaban J connectivity index is 1.78. The number of rotatable bonds is 4. The number of hydrogen-bond acceptors (Lipinski definition) is 2. The molecule has 116 valence electrons. The lowest BCUT2D eigenvalue weighted by Gasteiger charge is -2.45. The molecule has 2 aliphatic rings. The number of benzene rings is 1. The Kier molecular flexibility index (Phi) is 4.66. The fourth-order valence-corrected chi connectivity index (χ4v) is 4.19. The molecule has 21 heavy (non-hydrogen) atoms. The van der Waals surface area contributed by atoms with Gasteiger partial charge in [-0.15, -0.1) is 0 Å². The molecule has 2 unspecified atom stereocenters. The van der Waals surface area contributed by atoms with Gasteiger partial charge in [-0.25, -0.2) is 0 Å². The third-order valence-electron chi connectivity index (χ3n) is 5.48. The molecule has 2 fully saturated rings. The van der Waals surface area contributed by atoms with E-state index < -0.39 is 0 Å². The van der Waals surface area contributed by atoms with Crippen LogP contribution in [0, 0.1) is 5.92 Å². The maximum Gasteiger partial charge on any atom is 0.0250 e. The maximum atomic E-state index is 2.77. The lowest BCUT2D eigenvalue weighted by Crippen LogP contribution is -2.57. The van der Waals surface area contributed by atoms with E-state index in [0.29, 0.717) is 6.04 Å². The number of hydrogen-bond donors (Lipinski definition) is 0. The van der Waals surface area contributed by atoms with Gasteiger partial charge in [0.15, 0.2) is 0 Å². The van der Waals surface area contributed by atoms with E-state index in [1.807, 2.05) is 0 Å². The van der Waals surface area contributed by atoms with Crippen LogP contribution in [0.15, 0.2) is 24.3 Å². The van der Waals surface area contributed by atoms with Crippen molar-refractivity contribution in [1.82, 2.24) is 9.80 Å². The summed E-state index contributed by atoms with van der Waals surface area (Å²) in [6.07, 6.45) is 3.94. The quantitative estimate of drug-likeness (QED) is 0.835. The van der Waals surface area contributed by atoms with Crippen LogP contribution in [0.25, 0.3) is 0 Å². The van der Waals surface area contributed by atoms with Crippen LogP contribution in [-0.4, -0.2) is 41.5 Å². The molecule has 1 aromatic carbocycles. The molecule has 0 radical (unpaired) electrons. The van der Waals surface area contributed by atoms with Crippen molar-refractivity contribution in [2.75, 3.05) is 19.6 Å². The molecule has 0 saturated carbocycles. The lowest BCUT2D eigenvalue weighted by atomic mass is 9.95. The number of piperazine rings is 1. The first-order valence-electron chi connectivity index (χ1n) is 8.74. The molecule has 0 spiro atoms. The predicted octanol–water partition coefficient (Wildman–Crippen LogP) is 3.55. The van der Waals surface area contributed by atoms with Gasteiger partial charge in [0.25, 0.3) is 0 Å². The Morgan fingerprint density at radius 2 is 1.90 bits per heavy atom. The van der Waals surface area contributed by atoms with Crippen LogP contribution in [0.4, 0.5) is 0 Å².